The average molecular weight is 254 g/mol. The molecule has 0 unspecified atom stereocenters. The molecule has 17 heavy (non-hydrogen) atoms. The molecule has 0 heterocycles. The zero-order chi connectivity index (χ0) is 13.0. The SMILES string of the molecule is CC(C)CCN(C)c1ccc(F)cc1C(N)=S. The van der Waals surface area contributed by atoms with Gasteiger partial charge in [0.2, 0.25) is 0 Å². The Morgan fingerprint density at radius 1 is 1.47 bits per heavy atom. The molecule has 4 heteroatoms. The lowest BCUT2D eigenvalue weighted by Gasteiger charge is -2.23. The second-order valence-electron chi connectivity index (χ2n) is 4.63. The predicted molar refractivity (Wildman–Crippen MR) is 75.0 cm³/mol. The van der Waals surface area contributed by atoms with E-state index in [1.807, 2.05) is 7.05 Å². The maximum Gasteiger partial charge on any atom is 0.124 e. The van der Waals surface area contributed by atoms with E-state index in [0.29, 0.717) is 11.5 Å². The smallest absolute Gasteiger partial charge is 0.124 e. The quantitative estimate of drug-likeness (QED) is 0.819. The first-order chi connectivity index (χ1) is 7.91. The van der Waals surface area contributed by atoms with Gasteiger partial charge in [0.05, 0.1) is 0 Å². The van der Waals surface area contributed by atoms with E-state index in [1.54, 1.807) is 6.07 Å². The van der Waals surface area contributed by atoms with Crippen molar-refractivity contribution in [1.29, 1.82) is 0 Å². The van der Waals surface area contributed by atoms with Crippen LogP contribution >= 0.6 is 12.2 Å². The van der Waals surface area contributed by atoms with E-state index in [0.717, 1.165) is 18.7 Å². The molecule has 0 aromatic heterocycles. The molecule has 0 aliphatic carbocycles. The van der Waals surface area contributed by atoms with Gasteiger partial charge in [-0.1, -0.05) is 26.1 Å². The van der Waals surface area contributed by atoms with Crippen molar-refractivity contribution < 1.29 is 4.39 Å². The highest BCUT2D eigenvalue weighted by Gasteiger charge is 2.11. The van der Waals surface area contributed by atoms with Crippen LogP contribution in [0.2, 0.25) is 0 Å². The molecule has 0 amide bonds. The van der Waals surface area contributed by atoms with Crippen LogP contribution in [0.3, 0.4) is 0 Å². The molecule has 0 aliphatic rings. The van der Waals surface area contributed by atoms with Gasteiger partial charge in [-0.05, 0) is 30.5 Å². The summed E-state index contributed by atoms with van der Waals surface area (Å²) in [6.07, 6.45) is 1.07. The number of nitrogens with two attached hydrogens (primary N) is 1. The third-order valence-electron chi connectivity index (χ3n) is 2.68. The summed E-state index contributed by atoms with van der Waals surface area (Å²) in [6, 6.07) is 4.55. The fourth-order valence-electron chi connectivity index (χ4n) is 1.61. The van der Waals surface area contributed by atoms with Gasteiger partial charge in [-0.25, -0.2) is 4.39 Å². The molecule has 0 saturated heterocycles. The van der Waals surface area contributed by atoms with Crippen LogP contribution in [0.15, 0.2) is 18.2 Å². The summed E-state index contributed by atoms with van der Waals surface area (Å²) in [5.41, 5.74) is 7.11. The van der Waals surface area contributed by atoms with Gasteiger partial charge >= 0.3 is 0 Å². The van der Waals surface area contributed by atoms with Gasteiger partial charge in [-0.2, -0.15) is 0 Å². The van der Waals surface area contributed by atoms with Crippen LogP contribution in [-0.4, -0.2) is 18.6 Å². The van der Waals surface area contributed by atoms with E-state index in [4.69, 9.17) is 18.0 Å². The Morgan fingerprint density at radius 2 is 2.12 bits per heavy atom. The monoisotopic (exact) mass is 254 g/mol. The molecule has 2 nitrogen and oxygen atoms in total. The molecule has 2 N–H and O–H groups in total. The molecular weight excluding hydrogens is 235 g/mol. The maximum absolute atomic E-state index is 13.2. The van der Waals surface area contributed by atoms with Crippen molar-refractivity contribution in [2.24, 2.45) is 11.7 Å². The minimum Gasteiger partial charge on any atom is -0.389 e. The van der Waals surface area contributed by atoms with E-state index in [-0.39, 0.29) is 10.8 Å². The van der Waals surface area contributed by atoms with Crippen molar-refractivity contribution in [3.05, 3.63) is 29.6 Å². The lowest BCUT2D eigenvalue weighted by molar-refractivity contribution is 0.584. The fourth-order valence-corrected chi connectivity index (χ4v) is 1.77. The largest absolute Gasteiger partial charge is 0.389 e. The topological polar surface area (TPSA) is 29.3 Å². The summed E-state index contributed by atoms with van der Waals surface area (Å²) in [5, 5.41) is 0. The van der Waals surface area contributed by atoms with Crippen molar-refractivity contribution in [3.8, 4) is 0 Å². The minimum atomic E-state index is -0.311. The third-order valence-corrected chi connectivity index (χ3v) is 2.90. The summed E-state index contributed by atoms with van der Waals surface area (Å²) >= 11 is 4.95. The highest BCUT2D eigenvalue weighted by Crippen LogP contribution is 2.21. The first kappa shape index (κ1) is 13.9. The average Bonchev–Trinajstić information content (AvgIpc) is 2.25. The summed E-state index contributed by atoms with van der Waals surface area (Å²) < 4.78 is 13.2. The van der Waals surface area contributed by atoms with Crippen molar-refractivity contribution in [1.82, 2.24) is 0 Å². The third kappa shape index (κ3) is 3.97. The normalized spacial score (nSPS) is 10.6. The number of benzene rings is 1. The first-order valence-corrected chi connectivity index (χ1v) is 6.13. The number of nitrogens with zero attached hydrogens (tertiary/aromatic N) is 1. The summed E-state index contributed by atoms with van der Waals surface area (Å²) in [6.45, 7) is 5.25. The Morgan fingerprint density at radius 3 is 2.65 bits per heavy atom. The van der Waals surface area contributed by atoms with Crippen LogP contribution in [0.4, 0.5) is 10.1 Å². The van der Waals surface area contributed by atoms with Crippen LogP contribution in [0.5, 0.6) is 0 Å². The van der Waals surface area contributed by atoms with Gasteiger partial charge < -0.3 is 10.6 Å². The van der Waals surface area contributed by atoms with Crippen LogP contribution in [0, 0.1) is 11.7 Å². The zero-order valence-corrected chi connectivity index (χ0v) is 11.4. The van der Waals surface area contributed by atoms with Gasteiger partial charge in [-0.15, -0.1) is 0 Å². The maximum atomic E-state index is 13.2. The second-order valence-corrected chi connectivity index (χ2v) is 5.07. The van der Waals surface area contributed by atoms with Crippen molar-refractivity contribution in [3.63, 3.8) is 0 Å². The Balaban J connectivity index is 2.92. The fraction of sp³-hybridized carbons (Fsp3) is 0.462. The highest BCUT2D eigenvalue weighted by atomic mass is 32.1. The van der Waals surface area contributed by atoms with E-state index in [2.05, 4.69) is 18.7 Å². The number of hydrogen-bond donors (Lipinski definition) is 1. The number of rotatable bonds is 5. The zero-order valence-electron chi connectivity index (χ0n) is 10.5. The standard InChI is InChI=1S/C13H19FN2S/c1-9(2)6-7-16(3)12-5-4-10(14)8-11(12)13(15)17/h4-5,8-9H,6-7H2,1-3H3,(H2,15,17). The second kappa shape index (κ2) is 5.96. The van der Waals surface area contributed by atoms with E-state index in [9.17, 15) is 4.39 Å². The molecule has 0 saturated carbocycles. The molecule has 1 aromatic carbocycles. The Hall–Kier alpha value is -1.16. The first-order valence-electron chi connectivity index (χ1n) is 5.72. The van der Waals surface area contributed by atoms with Crippen LogP contribution in [0.25, 0.3) is 0 Å². The lowest BCUT2D eigenvalue weighted by atomic mass is 10.1. The predicted octanol–water partition coefficient (Wildman–Crippen LogP) is 2.94. The molecule has 0 bridgehead atoms. The molecule has 0 radical (unpaired) electrons. The summed E-state index contributed by atoms with van der Waals surface area (Å²) in [7, 11) is 1.97. The van der Waals surface area contributed by atoms with Gasteiger partial charge in [0, 0.05) is 24.8 Å². The van der Waals surface area contributed by atoms with Crippen LogP contribution in [0.1, 0.15) is 25.8 Å². The number of hydrogen-bond acceptors (Lipinski definition) is 2. The van der Waals surface area contributed by atoms with Crippen molar-refractivity contribution in [2.45, 2.75) is 20.3 Å². The van der Waals surface area contributed by atoms with Gasteiger partial charge in [-0.3, -0.25) is 0 Å². The Kier molecular flexibility index (Phi) is 4.87. The molecule has 0 spiro atoms. The van der Waals surface area contributed by atoms with E-state index >= 15 is 0 Å². The van der Waals surface area contributed by atoms with Crippen LogP contribution in [-0.2, 0) is 0 Å². The molecule has 0 fully saturated rings. The lowest BCUT2D eigenvalue weighted by Crippen LogP contribution is -2.24. The highest BCUT2D eigenvalue weighted by molar-refractivity contribution is 7.80. The van der Waals surface area contributed by atoms with Gasteiger partial charge in [0.15, 0.2) is 0 Å². The van der Waals surface area contributed by atoms with Crippen molar-refractivity contribution in [2.75, 3.05) is 18.5 Å². The van der Waals surface area contributed by atoms with Gasteiger partial charge in [0.1, 0.15) is 10.8 Å². The minimum absolute atomic E-state index is 0.232. The summed E-state index contributed by atoms with van der Waals surface area (Å²) in [4.78, 5) is 2.30. The molecule has 0 atom stereocenters. The number of thiocarbonyl (C=S) groups is 1. The summed E-state index contributed by atoms with van der Waals surface area (Å²) in [5.74, 6) is 0.319. The number of anilines is 1. The molecule has 0 aliphatic heterocycles. The van der Waals surface area contributed by atoms with E-state index < -0.39 is 0 Å². The Bertz CT molecular complexity index is 404. The van der Waals surface area contributed by atoms with Crippen molar-refractivity contribution >= 4 is 22.9 Å². The van der Waals surface area contributed by atoms with Gasteiger partial charge in [0.25, 0.3) is 0 Å². The molecular formula is C13H19FN2S. The molecule has 1 rings (SSSR count). The van der Waals surface area contributed by atoms with E-state index in [1.165, 1.54) is 12.1 Å². The molecule has 1 aromatic rings. The van der Waals surface area contributed by atoms with Crippen LogP contribution < -0.4 is 10.6 Å². The molecule has 94 valence electrons. The Labute approximate surface area is 108 Å². The number of halogens is 1.